The van der Waals surface area contributed by atoms with Crippen molar-refractivity contribution in [3.8, 4) is 0 Å². The van der Waals surface area contributed by atoms with Crippen LogP contribution in [0.4, 0.5) is 4.79 Å². The van der Waals surface area contributed by atoms with Gasteiger partial charge in [0.1, 0.15) is 6.04 Å². The van der Waals surface area contributed by atoms with Crippen molar-refractivity contribution >= 4 is 12.0 Å². The smallest absolute Gasteiger partial charge is 0.326 e. The Morgan fingerprint density at radius 2 is 2.05 bits per heavy atom. The van der Waals surface area contributed by atoms with Crippen LogP contribution in [0.1, 0.15) is 46.5 Å². The fourth-order valence-corrected chi connectivity index (χ4v) is 2.69. The Labute approximate surface area is 127 Å². The van der Waals surface area contributed by atoms with Crippen LogP contribution < -0.4 is 0 Å². The summed E-state index contributed by atoms with van der Waals surface area (Å²) in [5, 5.41) is 9.31. The van der Waals surface area contributed by atoms with E-state index in [4.69, 9.17) is 4.74 Å². The monoisotopic (exact) mass is 300 g/mol. The fourth-order valence-electron chi connectivity index (χ4n) is 2.69. The van der Waals surface area contributed by atoms with Crippen molar-refractivity contribution in [1.82, 2.24) is 9.80 Å². The molecule has 0 aromatic rings. The van der Waals surface area contributed by atoms with E-state index in [1.54, 1.807) is 12.0 Å². The van der Waals surface area contributed by atoms with Gasteiger partial charge < -0.3 is 19.6 Å². The van der Waals surface area contributed by atoms with Gasteiger partial charge in [0.15, 0.2) is 0 Å². The summed E-state index contributed by atoms with van der Waals surface area (Å²) in [5.41, 5.74) is 0. The maximum absolute atomic E-state index is 12.7. The van der Waals surface area contributed by atoms with Crippen molar-refractivity contribution in [3.05, 3.63) is 0 Å². The van der Waals surface area contributed by atoms with Crippen molar-refractivity contribution in [2.24, 2.45) is 0 Å². The van der Waals surface area contributed by atoms with Gasteiger partial charge in [-0.2, -0.15) is 0 Å². The first-order valence-corrected chi connectivity index (χ1v) is 7.75. The predicted molar refractivity (Wildman–Crippen MR) is 80.3 cm³/mol. The average Bonchev–Trinajstić information content (AvgIpc) is 2.87. The number of hydrogen-bond acceptors (Lipinski definition) is 3. The van der Waals surface area contributed by atoms with Crippen LogP contribution in [0, 0.1) is 0 Å². The quantitative estimate of drug-likeness (QED) is 0.732. The van der Waals surface area contributed by atoms with Crippen LogP contribution in [0.25, 0.3) is 0 Å². The number of carboxylic acid groups (broad SMARTS) is 1. The molecule has 6 heteroatoms. The normalized spacial score (nSPS) is 21.9. The second kappa shape index (κ2) is 8.22. The number of nitrogens with zero attached hydrogens (tertiary/aromatic N) is 2. The third kappa shape index (κ3) is 4.59. The van der Waals surface area contributed by atoms with E-state index >= 15 is 0 Å². The highest BCUT2D eigenvalue weighted by molar-refractivity contribution is 5.83. The first-order valence-electron chi connectivity index (χ1n) is 7.75. The third-order valence-electron chi connectivity index (χ3n) is 4.00. The second-order valence-electron chi connectivity index (χ2n) is 5.88. The molecule has 0 bridgehead atoms. The van der Waals surface area contributed by atoms with Crippen molar-refractivity contribution in [2.45, 2.75) is 64.6 Å². The summed E-state index contributed by atoms with van der Waals surface area (Å²) in [5.74, 6) is -0.958. The number of carbonyl (C=O) groups is 2. The molecule has 0 spiro atoms. The Hall–Kier alpha value is -1.30. The van der Waals surface area contributed by atoms with Crippen molar-refractivity contribution in [3.63, 3.8) is 0 Å². The van der Waals surface area contributed by atoms with E-state index in [1.165, 1.54) is 4.90 Å². The van der Waals surface area contributed by atoms with Gasteiger partial charge in [0.05, 0.1) is 6.10 Å². The molecule has 21 heavy (non-hydrogen) atoms. The number of aliphatic carboxylic acids is 1. The molecule has 122 valence electrons. The summed E-state index contributed by atoms with van der Waals surface area (Å²) in [6.07, 6.45) is 3.27. The summed E-state index contributed by atoms with van der Waals surface area (Å²) in [7, 11) is 1.55. The molecule has 1 heterocycles. The number of ether oxygens (including phenoxy) is 1. The first kappa shape index (κ1) is 17.8. The molecule has 1 aliphatic rings. The van der Waals surface area contributed by atoms with Crippen molar-refractivity contribution in [1.29, 1.82) is 0 Å². The van der Waals surface area contributed by atoms with Crippen LogP contribution in [0.15, 0.2) is 0 Å². The lowest BCUT2D eigenvalue weighted by Gasteiger charge is -2.33. The van der Waals surface area contributed by atoms with Gasteiger partial charge in [0, 0.05) is 32.7 Å². The summed E-state index contributed by atoms with van der Waals surface area (Å²) in [4.78, 5) is 27.3. The maximum atomic E-state index is 12.7. The van der Waals surface area contributed by atoms with E-state index in [0.717, 1.165) is 19.3 Å². The van der Waals surface area contributed by atoms with E-state index in [-0.39, 0.29) is 18.2 Å². The minimum atomic E-state index is -0.958. The van der Waals surface area contributed by atoms with Gasteiger partial charge in [-0.1, -0.05) is 19.8 Å². The number of rotatable bonds is 7. The Morgan fingerprint density at radius 1 is 1.38 bits per heavy atom. The molecule has 6 nitrogen and oxygen atoms in total. The van der Waals surface area contributed by atoms with Gasteiger partial charge in [-0.25, -0.2) is 9.59 Å². The molecule has 0 aliphatic carbocycles. The zero-order chi connectivity index (χ0) is 16.0. The first-order chi connectivity index (χ1) is 9.92. The molecule has 1 rings (SSSR count). The van der Waals surface area contributed by atoms with E-state index in [0.29, 0.717) is 19.5 Å². The molecule has 1 aliphatic heterocycles. The molecular weight excluding hydrogens is 272 g/mol. The summed E-state index contributed by atoms with van der Waals surface area (Å²) in [6, 6.07) is -0.909. The molecule has 2 amide bonds. The Kier molecular flexibility index (Phi) is 6.95. The highest BCUT2D eigenvalue weighted by Gasteiger charge is 2.41. The number of methoxy groups -OCH3 is 1. The second-order valence-corrected chi connectivity index (χ2v) is 5.88. The molecule has 2 atom stereocenters. The van der Waals surface area contributed by atoms with Crippen LogP contribution in [-0.4, -0.2) is 65.3 Å². The number of hydrogen-bond donors (Lipinski definition) is 1. The number of urea groups is 1. The zero-order valence-corrected chi connectivity index (χ0v) is 13.5. The lowest BCUT2D eigenvalue weighted by atomic mass is 10.2. The zero-order valence-electron chi connectivity index (χ0n) is 13.5. The van der Waals surface area contributed by atoms with Crippen LogP contribution in [0.2, 0.25) is 0 Å². The molecular formula is C15H28N2O4. The minimum Gasteiger partial charge on any atom is -0.480 e. The van der Waals surface area contributed by atoms with Gasteiger partial charge in [0.2, 0.25) is 0 Å². The molecule has 0 saturated carbocycles. The van der Waals surface area contributed by atoms with Gasteiger partial charge >= 0.3 is 12.0 Å². The van der Waals surface area contributed by atoms with Crippen molar-refractivity contribution in [2.75, 3.05) is 20.2 Å². The largest absolute Gasteiger partial charge is 0.480 e. The maximum Gasteiger partial charge on any atom is 0.326 e. The van der Waals surface area contributed by atoms with Crippen LogP contribution in [0.3, 0.4) is 0 Å². The van der Waals surface area contributed by atoms with Crippen molar-refractivity contribution < 1.29 is 19.4 Å². The Bertz CT molecular complexity index is 360. The minimum absolute atomic E-state index is 0.0606. The molecule has 0 radical (unpaired) electrons. The predicted octanol–water partition coefficient (Wildman–Crippen LogP) is 2.18. The number of likely N-dealkylation sites (tertiary alicyclic amines) is 1. The molecule has 1 saturated heterocycles. The third-order valence-corrected chi connectivity index (χ3v) is 4.00. The van der Waals surface area contributed by atoms with Gasteiger partial charge in [-0.15, -0.1) is 0 Å². The lowest BCUT2D eigenvalue weighted by Crippen LogP contribution is -2.50. The Balaban J connectivity index is 2.78. The number of unbranched alkanes of at least 4 members (excludes halogenated alkanes) is 2. The van der Waals surface area contributed by atoms with Crippen LogP contribution in [-0.2, 0) is 9.53 Å². The average molecular weight is 300 g/mol. The fraction of sp³-hybridized carbons (Fsp3) is 0.867. The van der Waals surface area contributed by atoms with Gasteiger partial charge in [0.25, 0.3) is 0 Å². The SMILES string of the molecule is CCCCCN(C(=O)N1CC(OC)CC1C(=O)O)C(C)C. The summed E-state index contributed by atoms with van der Waals surface area (Å²) < 4.78 is 5.23. The van der Waals surface area contributed by atoms with E-state index in [1.807, 2.05) is 13.8 Å². The standard InChI is InChI=1S/C15H28N2O4/c1-5-6-7-8-16(11(2)3)15(20)17-10-12(21-4)9-13(17)14(18)19/h11-13H,5-10H2,1-4H3,(H,18,19). The Morgan fingerprint density at radius 3 is 2.52 bits per heavy atom. The number of carboxylic acids is 1. The van der Waals surface area contributed by atoms with E-state index in [9.17, 15) is 14.7 Å². The van der Waals surface area contributed by atoms with Gasteiger partial charge in [-0.3, -0.25) is 0 Å². The summed E-state index contributed by atoms with van der Waals surface area (Å²) >= 11 is 0. The number of carbonyl (C=O) groups excluding carboxylic acids is 1. The highest BCUT2D eigenvalue weighted by Crippen LogP contribution is 2.23. The molecule has 1 N–H and O–H groups in total. The molecule has 0 aromatic heterocycles. The van der Waals surface area contributed by atoms with Crippen LogP contribution >= 0.6 is 0 Å². The summed E-state index contributed by atoms with van der Waals surface area (Å²) in [6.45, 7) is 7.06. The molecule has 1 fully saturated rings. The highest BCUT2D eigenvalue weighted by atomic mass is 16.5. The van der Waals surface area contributed by atoms with E-state index < -0.39 is 12.0 Å². The molecule has 2 unspecified atom stereocenters. The van der Waals surface area contributed by atoms with E-state index in [2.05, 4.69) is 6.92 Å². The molecule has 0 aromatic carbocycles. The number of amides is 2. The van der Waals surface area contributed by atoms with Crippen LogP contribution in [0.5, 0.6) is 0 Å². The lowest BCUT2D eigenvalue weighted by molar-refractivity contribution is -0.141. The van der Waals surface area contributed by atoms with Gasteiger partial charge in [-0.05, 0) is 20.3 Å². The topological polar surface area (TPSA) is 70.1 Å².